The molecule has 1 atom stereocenters. The zero-order chi connectivity index (χ0) is 21.5. The van der Waals surface area contributed by atoms with E-state index in [0.29, 0.717) is 7.11 Å². The summed E-state index contributed by atoms with van der Waals surface area (Å²) in [6.07, 6.45) is -1.80. The fraction of sp³-hybridized carbons (Fsp3) is 0.143. The maximum Gasteiger partial charge on any atom is 0.383 e. The summed E-state index contributed by atoms with van der Waals surface area (Å²) in [5.74, 6) is -27.3. The molecule has 0 aliphatic rings. The van der Waals surface area contributed by atoms with Gasteiger partial charge in [0.25, 0.3) is 0 Å². The van der Waals surface area contributed by atoms with Gasteiger partial charge in [0.2, 0.25) is 40.7 Å². The molecule has 2 rings (SSSR count). The third-order valence-corrected chi connectivity index (χ3v) is 5.05. The zero-order valence-corrected chi connectivity index (χ0v) is 14.6. The number of hydrogen-bond acceptors (Lipinski definition) is 3. The quantitative estimate of drug-likeness (QED) is 0.208. The first kappa shape index (κ1) is 24.8. The van der Waals surface area contributed by atoms with Crippen molar-refractivity contribution >= 4 is 16.0 Å². The minimum absolute atomic E-state index is 0. The lowest BCUT2D eigenvalue weighted by Gasteiger charge is -2.19. The highest BCUT2D eigenvalue weighted by atomic mass is 31.2. The number of halogens is 10. The van der Waals surface area contributed by atoms with Gasteiger partial charge >= 0.3 is 7.60 Å². The van der Waals surface area contributed by atoms with Gasteiger partial charge in [-0.2, -0.15) is 8.78 Å². The van der Waals surface area contributed by atoms with E-state index in [4.69, 9.17) is 0 Å². The van der Waals surface area contributed by atoms with Gasteiger partial charge in [-0.05, 0) is 0 Å². The molecule has 0 amide bonds. The molecular weight excluding hydrogens is 448 g/mol. The minimum Gasteiger partial charge on any atom is -0.418 e. The second-order valence-corrected chi connectivity index (χ2v) is 7.08. The molecule has 0 N–H and O–H groups in total. The SMILES string of the molecule is COP(=O)(Cc1c(F)c(F)c(F)c(F)c1F)Oc1c(F)c(F)c(F)c(F)c1F.[B]. The predicted molar refractivity (Wildman–Crippen MR) is 77.2 cm³/mol. The molecular formula is C14H5BF10O3P. The standard InChI is InChI=1S/C14H5F10O3P.B/c1-26-28(25,2-3-4(15)6(17)8(19)7(18)5(3)16)27-14-12(23)10(21)9(20)11(22)13(14)24;/h2H2,1H3;. The largest absolute Gasteiger partial charge is 0.418 e. The van der Waals surface area contributed by atoms with Crippen LogP contribution in [0.15, 0.2) is 0 Å². The van der Waals surface area contributed by atoms with Crippen molar-refractivity contribution in [2.75, 3.05) is 7.11 Å². The van der Waals surface area contributed by atoms with Gasteiger partial charge in [0.05, 0.1) is 6.16 Å². The van der Waals surface area contributed by atoms with Crippen LogP contribution < -0.4 is 4.52 Å². The van der Waals surface area contributed by atoms with Crippen LogP contribution in [0, 0.1) is 58.2 Å². The second kappa shape index (κ2) is 8.66. The van der Waals surface area contributed by atoms with Gasteiger partial charge in [0.15, 0.2) is 23.3 Å². The van der Waals surface area contributed by atoms with Crippen LogP contribution in [0.4, 0.5) is 43.9 Å². The maximum atomic E-state index is 13.7. The van der Waals surface area contributed by atoms with Crippen molar-refractivity contribution < 1.29 is 57.5 Å². The van der Waals surface area contributed by atoms with E-state index < -0.39 is 83.2 Å². The van der Waals surface area contributed by atoms with Crippen LogP contribution in [0.25, 0.3) is 0 Å². The van der Waals surface area contributed by atoms with Gasteiger partial charge in [-0.3, -0.25) is 0 Å². The normalized spacial score (nSPS) is 13.1. The summed E-state index contributed by atoms with van der Waals surface area (Å²) < 4.78 is 154. The van der Waals surface area contributed by atoms with Gasteiger partial charge in [-0.25, -0.2) is 39.7 Å². The van der Waals surface area contributed by atoms with Crippen molar-refractivity contribution in [3.05, 3.63) is 63.7 Å². The molecule has 2 aromatic rings. The fourth-order valence-electron chi connectivity index (χ4n) is 1.92. The lowest BCUT2D eigenvalue weighted by Crippen LogP contribution is -2.11. The lowest BCUT2D eigenvalue weighted by atomic mass is 10.2. The van der Waals surface area contributed by atoms with Gasteiger partial charge in [0.1, 0.15) is 0 Å². The minimum atomic E-state index is -5.23. The van der Waals surface area contributed by atoms with E-state index in [-0.39, 0.29) is 8.41 Å². The molecule has 2 aromatic carbocycles. The Kier molecular flexibility index (Phi) is 7.41. The maximum absolute atomic E-state index is 13.7. The summed E-state index contributed by atoms with van der Waals surface area (Å²) in [6, 6.07) is 0. The average Bonchev–Trinajstić information content (AvgIpc) is 2.68. The molecule has 0 heterocycles. The summed E-state index contributed by atoms with van der Waals surface area (Å²) >= 11 is 0. The molecule has 3 radical (unpaired) electrons. The molecule has 0 aliphatic carbocycles. The molecule has 0 saturated heterocycles. The summed E-state index contributed by atoms with van der Waals surface area (Å²) in [5, 5.41) is 0. The van der Waals surface area contributed by atoms with Gasteiger partial charge < -0.3 is 9.05 Å². The topological polar surface area (TPSA) is 35.5 Å². The lowest BCUT2D eigenvalue weighted by molar-refractivity contribution is 0.292. The second-order valence-electron chi connectivity index (χ2n) is 4.99. The van der Waals surface area contributed by atoms with Crippen LogP contribution in [-0.4, -0.2) is 15.5 Å². The van der Waals surface area contributed by atoms with Gasteiger partial charge in [-0.1, -0.05) is 0 Å². The van der Waals surface area contributed by atoms with Crippen molar-refractivity contribution in [3.8, 4) is 5.75 Å². The highest BCUT2D eigenvalue weighted by Crippen LogP contribution is 2.53. The molecule has 0 bridgehead atoms. The first-order valence-electron chi connectivity index (χ1n) is 6.72. The van der Waals surface area contributed by atoms with E-state index in [0.717, 1.165) is 0 Å². The Morgan fingerprint density at radius 3 is 1.28 bits per heavy atom. The molecule has 15 heteroatoms. The van der Waals surface area contributed by atoms with Crippen LogP contribution in [-0.2, 0) is 15.3 Å². The van der Waals surface area contributed by atoms with Crippen molar-refractivity contribution in [2.24, 2.45) is 0 Å². The van der Waals surface area contributed by atoms with E-state index in [2.05, 4.69) is 9.05 Å². The van der Waals surface area contributed by atoms with E-state index in [1.54, 1.807) is 0 Å². The average molecular weight is 453 g/mol. The molecule has 3 nitrogen and oxygen atoms in total. The van der Waals surface area contributed by atoms with E-state index in [1.165, 1.54) is 0 Å². The molecule has 0 aromatic heterocycles. The number of rotatable bonds is 5. The van der Waals surface area contributed by atoms with Gasteiger partial charge in [-0.15, -0.1) is 0 Å². The molecule has 157 valence electrons. The van der Waals surface area contributed by atoms with Crippen molar-refractivity contribution in [1.29, 1.82) is 0 Å². The first-order chi connectivity index (χ1) is 12.9. The highest BCUT2D eigenvalue weighted by molar-refractivity contribution is 7.53. The molecule has 0 spiro atoms. The van der Waals surface area contributed by atoms with Crippen LogP contribution in [0.1, 0.15) is 5.56 Å². The zero-order valence-electron chi connectivity index (χ0n) is 13.7. The Morgan fingerprint density at radius 2 is 0.931 bits per heavy atom. The van der Waals surface area contributed by atoms with Crippen molar-refractivity contribution in [3.63, 3.8) is 0 Å². The predicted octanol–water partition coefficient (Wildman–Crippen LogP) is 5.12. The molecule has 0 aliphatic heterocycles. The highest BCUT2D eigenvalue weighted by Gasteiger charge is 2.37. The monoisotopic (exact) mass is 453 g/mol. The Labute approximate surface area is 157 Å². The number of hydrogen-bond donors (Lipinski definition) is 0. The van der Waals surface area contributed by atoms with Gasteiger partial charge in [0, 0.05) is 21.1 Å². The molecule has 0 fully saturated rings. The molecule has 0 saturated carbocycles. The Balaban J connectivity index is 0.00000420. The smallest absolute Gasteiger partial charge is 0.383 e. The van der Waals surface area contributed by atoms with Crippen LogP contribution in [0.3, 0.4) is 0 Å². The van der Waals surface area contributed by atoms with E-state index in [9.17, 15) is 48.5 Å². The van der Waals surface area contributed by atoms with Crippen LogP contribution >= 0.6 is 7.60 Å². The Hall–Kier alpha value is -2.21. The molecule has 29 heavy (non-hydrogen) atoms. The van der Waals surface area contributed by atoms with Crippen molar-refractivity contribution in [1.82, 2.24) is 0 Å². The Bertz CT molecular complexity index is 883. The Morgan fingerprint density at radius 1 is 0.621 bits per heavy atom. The first-order valence-corrected chi connectivity index (χ1v) is 8.45. The summed E-state index contributed by atoms with van der Waals surface area (Å²) in [5.41, 5.74) is -1.76. The summed E-state index contributed by atoms with van der Waals surface area (Å²) in [7, 11) is -4.76. The fourth-order valence-corrected chi connectivity index (χ4v) is 3.29. The van der Waals surface area contributed by atoms with Crippen LogP contribution in [0.2, 0.25) is 0 Å². The van der Waals surface area contributed by atoms with Crippen molar-refractivity contribution in [2.45, 2.75) is 6.16 Å². The summed E-state index contributed by atoms with van der Waals surface area (Å²) in [4.78, 5) is 0. The third kappa shape index (κ3) is 4.22. The van der Waals surface area contributed by atoms with E-state index >= 15 is 0 Å². The number of benzene rings is 2. The molecule has 1 unspecified atom stereocenters. The van der Waals surface area contributed by atoms with Crippen LogP contribution in [0.5, 0.6) is 5.75 Å². The van der Waals surface area contributed by atoms with E-state index in [1.807, 2.05) is 0 Å². The third-order valence-electron chi connectivity index (χ3n) is 3.33. The summed E-state index contributed by atoms with van der Waals surface area (Å²) in [6.45, 7) is 0.